The Labute approximate surface area is 165 Å². The quantitative estimate of drug-likeness (QED) is 0.648. The summed E-state index contributed by atoms with van der Waals surface area (Å²) in [5.41, 5.74) is 3.36. The van der Waals surface area contributed by atoms with Crippen LogP contribution in [0.1, 0.15) is 23.1 Å². The molecule has 0 aliphatic carbocycles. The van der Waals surface area contributed by atoms with E-state index < -0.39 is 0 Å². The molecular weight excluding hydrogens is 364 g/mol. The monoisotopic (exact) mass is 388 g/mol. The molecule has 6 heteroatoms. The number of rotatable bonds is 9. The standard InChI is InChI=1S/C21H25ClN2O3/c1-15-3-9-19(13-16(15)2)27-14-21(26)24-12-11-23-20(25)10-6-17-4-7-18(22)8-5-17/h3-5,7-9,13H,6,10-12,14H2,1-2H3,(H,23,25)(H,24,26). The lowest BCUT2D eigenvalue weighted by atomic mass is 10.1. The molecule has 144 valence electrons. The van der Waals surface area contributed by atoms with Gasteiger partial charge < -0.3 is 15.4 Å². The van der Waals surface area contributed by atoms with Crippen molar-refractivity contribution in [3.63, 3.8) is 0 Å². The first-order chi connectivity index (χ1) is 12.9. The lowest BCUT2D eigenvalue weighted by molar-refractivity contribution is -0.124. The maximum absolute atomic E-state index is 11.8. The molecule has 0 atom stereocenters. The molecule has 0 spiro atoms. The van der Waals surface area contributed by atoms with Gasteiger partial charge in [0.1, 0.15) is 5.75 Å². The molecule has 0 aliphatic rings. The molecule has 0 heterocycles. The largest absolute Gasteiger partial charge is 0.484 e. The van der Waals surface area contributed by atoms with Crippen molar-refractivity contribution in [2.75, 3.05) is 19.7 Å². The summed E-state index contributed by atoms with van der Waals surface area (Å²) in [4.78, 5) is 23.6. The molecule has 2 aromatic carbocycles. The van der Waals surface area contributed by atoms with Gasteiger partial charge in [-0.05, 0) is 61.2 Å². The Kier molecular flexibility index (Phi) is 8.14. The van der Waals surface area contributed by atoms with Gasteiger partial charge in [0.25, 0.3) is 5.91 Å². The van der Waals surface area contributed by atoms with Gasteiger partial charge in [-0.1, -0.05) is 29.8 Å². The Balaban J connectivity index is 1.57. The van der Waals surface area contributed by atoms with Crippen molar-refractivity contribution in [1.29, 1.82) is 0 Å². The molecule has 0 fully saturated rings. The molecule has 0 unspecified atom stereocenters. The molecule has 5 nitrogen and oxygen atoms in total. The summed E-state index contributed by atoms with van der Waals surface area (Å²) in [6.07, 6.45) is 1.05. The fourth-order valence-corrected chi connectivity index (χ4v) is 2.53. The van der Waals surface area contributed by atoms with Crippen molar-refractivity contribution in [2.45, 2.75) is 26.7 Å². The van der Waals surface area contributed by atoms with Gasteiger partial charge in [-0.2, -0.15) is 0 Å². The van der Waals surface area contributed by atoms with E-state index in [2.05, 4.69) is 10.6 Å². The van der Waals surface area contributed by atoms with Crippen LogP contribution in [0.15, 0.2) is 42.5 Å². The van der Waals surface area contributed by atoms with E-state index in [0.29, 0.717) is 36.7 Å². The van der Waals surface area contributed by atoms with E-state index in [1.807, 2.05) is 56.3 Å². The van der Waals surface area contributed by atoms with Crippen LogP contribution in [-0.4, -0.2) is 31.5 Å². The third-order valence-corrected chi connectivity index (χ3v) is 4.42. The molecule has 0 bridgehead atoms. The van der Waals surface area contributed by atoms with Gasteiger partial charge >= 0.3 is 0 Å². The lowest BCUT2D eigenvalue weighted by Gasteiger charge is -2.10. The zero-order valence-electron chi connectivity index (χ0n) is 15.7. The molecule has 0 saturated heterocycles. The number of aryl methyl sites for hydroxylation is 3. The predicted molar refractivity (Wildman–Crippen MR) is 107 cm³/mol. The average molecular weight is 389 g/mol. The summed E-state index contributed by atoms with van der Waals surface area (Å²) < 4.78 is 5.47. The molecule has 2 aromatic rings. The first-order valence-corrected chi connectivity index (χ1v) is 9.30. The number of nitrogens with one attached hydrogen (secondary N) is 2. The van der Waals surface area contributed by atoms with Gasteiger partial charge in [0, 0.05) is 24.5 Å². The van der Waals surface area contributed by atoms with Crippen molar-refractivity contribution < 1.29 is 14.3 Å². The SMILES string of the molecule is Cc1ccc(OCC(=O)NCCNC(=O)CCc2ccc(Cl)cc2)cc1C. The maximum Gasteiger partial charge on any atom is 0.258 e. The van der Waals surface area contributed by atoms with Crippen LogP contribution in [0.5, 0.6) is 5.75 Å². The lowest BCUT2D eigenvalue weighted by Crippen LogP contribution is -2.36. The van der Waals surface area contributed by atoms with E-state index in [1.54, 1.807) is 0 Å². The number of carbonyl (C=O) groups excluding carboxylic acids is 2. The summed E-state index contributed by atoms with van der Waals surface area (Å²) in [5.74, 6) is 0.401. The molecule has 2 N–H and O–H groups in total. The van der Waals surface area contributed by atoms with E-state index in [-0.39, 0.29) is 18.4 Å². The van der Waals surface area contributed by atoms with Crippen LogP contribution in [0.3, 0.4) is 0 Å². The minimum Gasteiger partial charge on any atom is -0.484 e. The zero-order valence-corrected chi connectivity index (χ0v) is 16.4. The number of hydrogen-bond donors (Lipinski definition) is 2. The van der Waals surface area contributed by atoms with Crippen molar-refractivity contribution in [1.82, 2.24) is 10.6 Å². The Morgan fingerprint density at radius 3 is 2.26 bits per heavy atom. The van der Waals surface area contributed by atoms with E-state index in [4.69, 9.17) is 16.3 Å². The number of halogens is 1. The summed E-state index contributed by atoms with van der Waals surface area (Å²) in [5, 5.41) is 6.19. The highest BCUT2D eigenvalue weighted by Crippen LogP contribution is 2.16. The van der Waals surface area contributed by atoms with Gasteiger partial charge in [0.15, 0.2) is 6.61 Å². The summed E-state index contributed by atoms with van der Waals surface area (Å²) >= 11 is 5.83. The highest BCUT2D eigenvalue weighted by molar-refractivity contribution is 6.30. The molecule has 0 aliphatic heterocycles. The minimum atomic E-state index is -0.219. The van der Waals surface area contributed by atoms with Crippen LogP contribution >= 0.6 is 11.6 Å². The Morgan fingerprint density at radius 2 is 1.59 bits per heavy atom. The van der Waals surface area contributed by atoms with Crippen LogP contribution < -0.4 is 15.4 Å². The molecule has 0 radical (unpaired) electrons. The van der Waals surface area contributed by atoms with Crippen molar-refractivity contribution in [3.8, 4) is 5.75 Å². The smallest absolute Gasteiger partial charge is 0.258 e. The second-order valence-electron chi connectivity index (χ2n) is 6.36. The summed E-state index contributed by atoms with van der Waals surface area (Å²) in [7, 11) is 0. The molecule has 27 heavy (non-hydrogen) atoms. The predicted octanol–water partition coefficient (Wildman–Crippen LogP) is 3.20. The third kappa shape index (κ3) is 7.71. The Morgan fingerprint density at radius 1 is 0.926 bits per heavy atom. The zero-order chi connectivity index (χ0) is 19.6. The third-order valence-electron chi connectivity index (χ3n) is 4.17. The summed E-state index contributed by atoms with van der Waals surface area (Å²) in [6, 6.07) is 13.1. The highest BCUT2D eigenvalue weighted by atomic mass is 35.5. The molecule has 2 amide bonds. The van der Waals surface area contributed by atoms with Crippen molar-refractivity contribution in [2.24, 2.45) is 0 Å². The second-order valence-corrected chi connectivity index (χ2v) is 6.80. The number of ether oxygens (including phenoxy) is 1. The Bertz CT molecular complexity index is 775. The minimum absolute atomic E-state index is 0.0486. The van der Waals surface area contributed by atoms with E-state index in [1.165, 1.54) is 5.56 Å². The van der Waals surface area contributed by atoms with E-state index in [0.717, 1.165) is 11.1 Å². The fourth-order valence-electron chi connectivity index (χ4n) is 2.40. The number of hydrogen-bond acceptors (Lipinski definition) is 3. The first kappa shape index (κ1) is 20.8. The van der Waals surface area contributed by atoms with Gasteiger partial charge in [0.05, 0.1) is 0 Å². The number of benzene rings is 2. The maximum atomic E-state index is 11.8. The van der Waals surface area contributed by atoms with Crippen molar-refractivity contribution in [3.05, 3.63) is 64.2 Å². The normalized spacial score (nSPS) is 10.3. The van der Waals surface area contributed by atoms with Gasteiger partial charge in [0.2, 0.25) is 5.91 Å². The van der Waals surface area contributed by atoms with Crippen LogP contribution in [-0.2, 0) is 16.0 Å². The van der Waals surface area contributed by atoms with Gasteiger partial charge in [-0.3, -0.25) is 9.59 Å². The van der Waals surface area contributed by atoms with Crippen LogP contribution in [0.25, 0.3) is 0 Å². The molecule has 0 aromatic heterocycles. The average Bonchev–Trinajstić information content (AvgIpc) is 2.65. The van der Waals surface area contributed by atoms with Crippen LogP contribution in [0.2, 0.25) is 5.02 Å². The van der Waals surface area contributed by atoms with Crippen LogP contribution in [0, 0.1) is 13.8 Å². The Hall–Kier alpha value is -2.53. The van der Waals surface area contributed by atoms with Gasteiger partial charge in [-0.25, -0.2) is 0 Å². The molecule has 2 rings (SSSR count). The highest BCUT2D eigenvalue weighted by Gasteiger charge is 2.05. The second kappa shape index (κ2) is 10.6. The van der Waals surface area contributed by atoms with Crippen molar-refractivity contribution >= 4 is 23.4 Å². The topological polar surface area (TPSA) is 67.4 Å². The van der Waals surface area contributed by atoms with Crippen LogP contribution in [0.4, 0.5) is 0 Å². The number of carbonyl (C=O) groups is 2. The van der Waals surface area contributed by atoms with Gasteiger partial charge in [-0.15, -0.1) is 0 Å². The van der Waals surface area contributed by atoms with E-state index >= 15 is 0 Å². The number of amides is 2. The molecule has 0 saturated carbocycles. The summed E-state index contributed by atoms with van der Waals surface area (Å²) in [6.45, 7) is 4.72. The van der Waals surface area contributed by atoms with E-state index in [9.17, 15) is 9.59 Å². The molecular formula is C21H25ClN2O3. The first-order valence-electron chi connectivity index (χ1n) is 8.92. The fraction of sp³-hybridized carbons (Fsp3) is 0.333.